The first kappa shape index (κ1) is 13.1. The average Bonchev–Trinajstić information content (AvgIpc) is 2.57. The van der Waals surface area contributed by atoms with E-state index in [1.54, 1.807) is 0 Å². The molecule has 0 radical (unpaired) electrons. The lowest BCUT2D eigenvalue weighted by Crippen LogP contribution is -2.24. The van der Waals surface area contributed by atoms with Crippen molar-refractivity contribution in [3.05, 3.63) is 29.3 Å². The molecule has 1 aliphatic heterocycles. The van der Waals surface area contributed by atoms with Gasteiger partial charge in [-0.1, -0.05) is 45.4 Å². The zero-order valence-electron chi connectivity index (χ0n) is 11.3. The number of hydrogen-bond donors (Lipinski definition) is 0. The molecule has 16 heavy (non-hydrogen) atoms. The van der Waals surface area contributed by atoms with Crippen molar-refractivity contribution in [3.8, 4) is 5.75 Å². The topological polar surface area (TPSA) is 9.23 Å². The van der Waals surface area contributed by atoms with E-state index >= 15 is 0 Å². The highest BCUT2D eigenvalue weighted by Crippen LogP contribution is 2.37. The van der Waals surface area contributed by atoms with Crippen molar-refractivity contribution < 1.29 is 4.74 Å². The molecule has 1 aromatic rings. The molecular weight excluding hydrogens is 196 g/mol. The van der Waals surface area contributed by atoms with Gasteiger partial charge in [0.05, 0.1) is 0 Å². The van der Waals surface area contributed by atoms with Crippen LogP contribution in [0.3, 0.4) is 0 Å². The molecule has 0 atom stereocenters. The number of rotatable bonds is 2. The van der Waals surface area contributed by atoms with Gasteiger partial charge in [-0.25, -0.2) is 0 Å². The van der Waals surface area contributed by atoms with Crippen LogP contribution < -0.4 is 4.74 Å². The Bertz CT molecular complexity index is 339. The van der Waals surface area contributed by atoms with Crippen LogP contribution in [-0.2, 0) is 12.8 Å². The summed E-state index contributed by atoms with van der Waals surface area (Å²) in [6.07, 6.45) is 3.35. The maximum absolute atomic E-state index is 5.98. The lowest BCUT2D eigenvalue weighted by Gasteiger charge is -2.18. The van der Waals surface area contributed by atoms with E-state index in [4.69, 9.17) is 4.74 Å². The number of fused-ring (bicyclic) bond motifs is 1. The third kappa shape index (κ3) is 2.78. The van der Waals surface area contributed by atoms with Gasteiger partial charge in [0, 0.05) is 6.42 Å². The van der Waals surface area contributed by atoms with Crippen molar-refractivity contribution in [3.63, 3.8) is 0 Å². The molecule has 0 aliphatic carbocycles. The van der Waals surface area contributed by atoms with E-state index in [1.807, 2.05) is 13.8 Å². The first-order valence-electron chi connectivity index (χ1n) is 6.42. The molecule has 0 fully saturated rings. The Hall–Kier alpha value is -0.980. The minimum Gasteiger partial charge on any atom is -0.487 e. The number of ether oxygens (including phenoxy) is 1. The summed E-state index contributed by atoms with van der Waals surface area (Å²) in [5, 5.41) is 0. The number of hydrogen-bond acceptors (Lipinski definition) is 1. The minimum atomic E-state index is -0.00776. The van der Waals surface area contributed by atoms with Crippen LogP contribution in [-0.4, -0.2) is 5.60 Å². The standard InChI is InChI=1S/C13H18O.C2H6/c1-4-6-10-7-5-8-11-9-13(2,3)14-12(10)11;1-2/h5,7-8H,4,6,9H2,1-3H3;1-2H3. The summed E-state index contributed by atoms with van der Waals surface area (Å²) in [4.78, 5) is 0. The molecule has 0 saturated carbocycles. The smallest absolute Gasteiger partial charge is 0.126 e. The second-order valence-electron chi connectivity index (χ2n) is 4.69. The van der Waals surface area contributed by atoms with Crippen LogP contribution in [0.2, 0.25) is 0 Å². The van der Waals surface area contributed by atoms with E-state index < -0.39 is 0 Å². The quantitative estimate of drug-likeness (QED) is 0.718. The van der Waals surface area contributed by atoms with Gasteiger partial charge in [-0.15, -0.1) is 0 Å². The molecule has 1 aliphatic rings. The molecule has 0 amide bonds. The maximum Gasteiger partial charge on any atom is 0.126 e. The summed E-state index contributed by atoms with van der Waals surface area (Å²) in [5.74, 6) is 1.15. The maximum atomic E-state index is 5.98. The average molecular weight is 220 g/mol. The minimum absolute atomic E-state index is 0.00776. The van der Waals surface area contributed by atoms with Crippen molar-refractivity contribution in [2.75, 3.05) is 0 Å². The summed E-state index contributed by atoms with van der Waals surface area (Å²) < 4.78 is 5.98. The van der Waals surface area contributed by atoms with E-state index in [0.29, 0.717) is 0 Å². The summed E-state index contributed by atoms with van der Waals surface area (Å²) in [7, 11) is 0. The van der Waals surface area contributed by atoms with Gasteiger partial charge in [-0.3, -0.25) is 0 Å². The Morgan fingerprint density at radius 1 is 1.25 bits per heavy atom. The molecule has 2 rings (SSSR count). The molecule has 1 heteroatoms. The van der Waals surface area contributed by atoms with Crippen LogP contribution in [0.4, 0.5) is 0 Å². The lowest BCUT2D eigenvalue weighted by molar-refractivity contribution is 0.137. The second kappa shape index (κ2) is 5.38. The highest BCUT2D eigenvalue weighted by atomic mass is 16.5. The summed E-state index contributed by atoms with van der Waals surface area (Å²) in [5.41, 5.74) is 2.74. The fraction of sp³-hybridized carbons (Fsp3) is 0.600. The fourth-order valence-electron chi connectivity index (χ4n) is 2.15. The van der Waals surface area contributed by atoms with E-state index in [9.17, 15) is 0 Å². The van der Waals surface area contributed by atoms with Crippen molar-refractivity contribution in [1.82, 2.24) is 0 Å². The second-order valence-corrected chi connectivity index (χ2v) is 4.69. The zero-order valence-corrected chi connectivity index (χ0v) is 11.3. The highest BCUT2D eigenvalue weighted by Gasteiger charge is 2.31. The van der Waals surface area contributed by atoms with Gasteiger partial charge in [0.1, 0.15) is 11.4 Å². The summed E-state index contributed by atoms with van der Waals surface area (Å²) in [6.45, 7) is 10.5. The molecule has 0 saturated heterocycles. The van der Waals surface area contributed by atoms with E-state index in [0.717, 1.165) is 18.6 Å². The summed E-state index contributed by atoms with van der Waals surface area (Å²) in [6, 6.07) is 6.52. The van der Waals surface area contributed by atoms with Crippen LogP contribution in [0.5, 0.6) is 5.75 Å². The predicted molar refractivity (Wildman–Crippen MR) is 70.2 cm³/mol. The van der Waals surface area contributed by atoms with E-state index in [-0.39, 0.29) is 5.60 Å². The van der Waals surface area contributed by atoms with Crippen molar-refractivity contribution >= 4 is 0 Å². The highest BCUT2D eigenvalue weighted by molar-refractivity contribution is 5.45. The van der Waals surface area contributed by atoms with Crippen molar-refractivity contribution in [1.29, 1.82) is 0 Å². The van der Waals surface area contributed by atoms with E-state index in [2.05, 4.69) is 39.0 Å². The first-order chi connectivity index (χ1) is 7.62. The Kier molecular flexibility index (Phi) is 4.40. The number of para-hydroxylation sites is 1. The molecule has 0 N–H and O–H groups in total. The SMILES string of the molecule is CC.CCCc1cccc2c1OC(C)(C)C2. The van der Waals surface area contributed by atoms with Crippen LogP contribution in [0.1, 0.15) is 52.2 Å². The largest absolute Gasteiger partial charge is 0.487 e. The molecule has 90 valence electrons. The Balaban J connectivity index is 0.000000606. The van der Waals surface area contributed by atoms with Gasteiger partial charge in [0.25, 0.3) is 0 Å². The predicted octanol–water partition coefficient (Wildman–Crippen LogP) is 4.38. The van der Waals surface area contributed by atoms with Crippen LogP contribution >= 0.6 is 0 Å². The molecule has 0 unspecified atom stereocenters. The van der Waals surface area contributed by atoms with Gasteiger partial charge >= 0.3 is 0 Å². The molecule has 1 aromatic carbocycles. The summed E-state index contributed by atoms with van der Waals surface area (Å²) >= 11 is 0. The molecule has 1 nitrogen and oxygen atoms in total. The molecule has 0 aromatic heterocycles. The van der Waals surface area contributed by atoms with Crippen LogP contribution in [0, 0.1) is 0 Å². The molecular formula is C15H24O. The fourth-order valence-corrected chi connectivity index (χ4v) is 2.15. The van der Waals surface area contributed by atoms with Gasteiger partial charge in [-0.2, -0.15) is 0 Å². The molecule has 0 bridgehead atoms. The third-order valence-electron chi connectivity index (χ3n) is 2.69. The third-order valence-corrected chi connectivity index (χ3v) is 2.69. The van der Waals surface area contributed by atoms with Gasteiger partial charge in [-0.05, 0) is 31.4 Å². The van der Waals surface area contributed by atoms with Crippen molar-refractivity contribution in [2.45, 2.75) is 59.5 Å². The van der Waals surface area contributed by atoms with Crippen LogP contribution in [0.15, 0.2) is 18.2 Å². The van der Waals surface area contributed by atoms with Crippen LogP contribution in [0.25, 0.3) is 0 Å². The van der Waals surface area contributed by atoms with Gasteiger partial charge in [0.2, 0.25) is 0 Å². The Morgan fingerprint density at radius 2 is 1.94 bits per heavy atom. The molecule has 0 spiro atoms. The van der Waals surface area contributed by atoms with Gasteiger partial charge < -0.3 is 4.74 Å². The molecule has 1 heterocycles. The monoisotopic (exact) mass is 220 g/mol. The number of aryl methyl sites for hydroxylation is 1. The zero-order chi connectivity index (χ0) is 12.2. The first-order valence-corrected chi connectivity index (χ1v) is 6.42. The Labute approximate surface area is 99.8 Å². The van der Waals surface area contributed by atoms with Gasteiger partial charge in [0.15, 0.2) is 0 Å². The normalized spacial score (nSPS) is 15.8. The van der Waals surface area contributed by atoms with E-state index in [1.165, 1.54) is 17.5 Å². The Morgan fingerprint density at radius 3 is 2.56 bits per heavy atom. The lowest BCUT2D eigenvalue weighted by atomic mass is 9.99. The van der Waals surface area contributed by atoms with Crippen molar-refractivity contribution in [2.24, 2.45) is 0 Å². The number of benzene rings is 1.